The van der Waals surface area contributed by atoms with Gasteiger partial charge in [-0.3, -0.25) is 9.59 Å². The van der Waals surface area contributed by atoms with Crippen LogP contribution in [0.2, 0.25) is 0 Å². The first-order valence-corrected chi connectivity index (χ1v) is 9.32. The van der Waals surface area contributed by atoms with Gasteiger partial charge in [-0.2, -0.15) is 5.26 Å². The third-order valence-electron chi connectivity index (χ3n) is 3.96. The van der Waals surface area contributed by atoms with E-state index in [1.54, 1.807) is 17.9 Å². The molecule has 1 aromatic heterocycles. The number of amides is 1. The topological polar surface area (TPSA) is 74.1 Å². The highest BCUT2D eigenvalue weighted by Gasteiger charge is 2.16. The van der Waals surface area contributed by atoms with Gasteiger partial charge in [0.2, 0.25) is 5.91 Å². The van der Waals surface area contributed by atoms with Crippen LogP contribution in [0.1, 0.15) is 41.0 Å². The number of nitrogens with zero attached hydrogens (tertiary/aromatic N) is 3. The van der Waals surface area contributed by atoms with E-state index < -0.39 is 0 Å². The Morgan fingerprint density at radius 2 is 1.96 bits per heavy atom. The number of carbonyl (C=O) groups is 2. The predicted octanol–water partition coefficient (Wildman–Crippen LogP) is 3.61. The first-order chi connectivity index (χ1) is 12.5. The standard InChI is InChI=1S/C20H21N3O2S/c1-4-23(12-16-8-6-5-7-9-16)19(25)13-26-20-17(11-21)10-18(15(3)24)14(2)22-20/h5-10H,4,12-13H2,1-3H3. The van der Waals surface area contributed by atoms with Crippen molar-refractivity contribution < 1.29 is 9.59 Å². The van der Waals surface area contributed by atoms with E-state index in [0.717, 1.165) is 5.56 Å². The SMILES string of the molecule is CCN(Cc1ccccc1)C(=O)CSc1nc(C)c(C(C)=O)cc1C#N. The third-order valence-corrected chi connectivity index (χ3v) is 4.94. The quantitative estimate of drug-likeness (QED) is 0.552. The van der Waals surface area contributed by atoms with Gasteiger partial charge in [-0.15, -0.1) is 0 Å². The maximum absolute atomic E-state index is 12.6. The van der Waals surface area contributed by atoms with Gasteiger partial charge in [-0.25, -0.2) is 4.98 Å². The fourth-order valence-corrected chi connectivity index (χ4v) is 3.44. The van der Waals surface area contributed by atoms with E-state index in [9.17, 15) is 14.9 Å². The normalized spacial score (nSPS) is 10.2. The van der Waals surface area contributed by atoms with Crippen molar-refractivity contribution >= 4 is 23.5 Å². The van der Waals surface area contributed by atoms with Gasteiger partial charge in [0.25, 0.3) is 0 Å². The second kappa shape index (κ2) is 9.16. The zero-order valence-electron chi connectivity index (χ0n) is 15.2. The molecule has 26 heavy (non-hydrogen) atoms. The highest BCUT2D eigenvalue weighted by Crippen LogP contribution is 2.23. The van der Waals surface area contributed by atoms with E-state index in [1.165, 1.54) is 18.7 Å². The number of nitriles is 1. The molecule has 0 unspecified atom stereocenters. The number of hydrogen-bond acceptors (Lipinski definition) is 5. The van der Waals surface area contributed by atoms with Crippen molar-refractivity contribution in [2.45, 2.75) is 32.3 Å². The Labute approximate surface area is 158 Å². The van der Waals surface area contributed by atoms with Crippen molar-refractivity contribution in [3.05, 3.63) is 58.8 Å². The largest absolute Gasteiger partial charge is 0.338 e. The van der Waals surface area contributed by atoms with Crippen molar-refractivity contribution in [2.24, 2.45) is 0 Å². The van der Waals surface area contributed by atoms with Gasteiger partial charge in [0.15, 0.2) is 5.78 Å². The molecule has 2 rings (SSSR count). The van der Waals surface area contributed by atoms with Crippen LogP contribution in [0.3, 0.4) is 0 Å². The summed E-state index contributed by atoms with van der Waals surface area (Å²) in [5, 5.41) is 9.81. The molecule has 2 aromatic rings. The molecule has 0 aliphatic heterocycles. The van der Waals surface area contributed by atoms with E-state index in [4.69, 9.17) is 0 Å². The molecular weight excluding hydrogens is 346 g/mol. The summed E-state index contributed by atoms with van der Waals surface area (Å²) < 4.78 is 0. The van der Waals surface area contributed by atoms with E-state index in [1.807, 2.05) is 37.3 Å². The second-order valence-corrected chi connectivity index (χ2v) is 6.79. The molecule has 1 amide bonds. The lowest BCUT2D eigenvalue weighted by Gasteiger charge is -2.21. The Bertz CT molecular complexity index is 844. The van der Waals surface area contributed by atoms with Gasteiger partial charge in [-0.1, -0.05) is 42.1 Å². The zero-order chi connectivity index (χ0) is 19.1. The monoisotopic (exact) mass is 367 g/mol. The molecule has 134 valence electrons. The van der Waals surface area contributed by atoms with E-state index in [0.29, 0.717) is 34.9 Å². The molecule has 5 nitrogen and oxygen atoms in total. The zero-order valence-corrected chi connectivity index (χ0v) is 16.0. The Hall–Kier alpha value is -2.65. The minimum absolute atomic E-state index is 0.0136. The molecule has 0 atom stereocenters. The molecule has 0 aliphatic rings. The molecule has 6 heteroatoms. The number of carbonyl (C=O) groups excluding carboxylic acids is 2. The summed E-state index contributed by atoms with van der Waals surface area (Å²) in [6.45, 7) is 6.28. The minimum atomic E-state index is -0.126. The number of hydrogen-bond donors (Lipinski definition) is 0. The van der Waals surface area contributed by atoms with E-state index in [-0.39, 0.29) is 17.4 Å². The number of Topliss-reactive ketones (excluding diaryl/α,β-unsaturated/α-hetero) is 1. The third kappa shape index (κ3) is 4.93. The Kier molecular flexibility index (Phi) is 6.93. The lowest BCUT2D eigenvalue weighted by molar-refractivity contribution is -0.128. The summed E-state index contributed by atoms with van der Waals surface area (Å²) in [6, 6.07) is 13.4. The van der Waals surface area contributed by atoms with Gasteiger partial charge in [0.1, 0.15) is 11.1 Å². The molecule has 1 heterocycles. The molecule has 0 N–H and O–H groups in total. The molecule has 0 saturated heterocycles. The van der Waals surface area contributed by atoms with Gasteiger partial charge in [0.05, 0.1) is 11.3 Å². The van der Waals surface area contributed by atoms with Crippen LogP contribution < -0.4 is 0 Å². The lowest BCUT2D eigenvalue weighted by Crippen LogP contribution is -2.31. The molecule has 0 radical (unpaired) electrons. The molecule has 0 fully saturated rings. The second-order valence-electron chi connectivity index (χ2n) is 5.82. The van der Waals surface area contributed by atoms with Crippen LogP contribution in [0.25, 0.3) is 0 Å². The summed E-state index contributed by atoms with van der Waals surface area (Å²) in [6.07, 6.45) is 0. The summed E-state index contributed by atoms with van der Waals surface area (Å²) in [7, 11) is 0. The number of rotatable bonds is 7. The molecule has 0 spiro atoms. The maximum Gasteiger partial charge on any atom is 0.233 e. The summed E-state index contributed by atoms with van der Waals surface area (Å²) in [5.74, 6) is 0.0563. The van der Waals surface area contributed by atoms with Crippen molar-refractivity contribution in [3.63, 3.8) is 0 Å². The van der Waals surface area contributed by atoms with E-state index in [2.05, 4.69) is 11.1 Å². The smallest absolute Gasteiger partial charge is 0.233 e. The van der Waals surface area contributed by atoms with Crippen molar-refractivity contribution in [1.29, 1.82) is 5.26 Å². The molecule has 0 bridgehead atoms. The number of aromatic nitrogens is 1. The average molecular weight is 367 g/mol. The Morgan fingerprint density at radius 1 is 1.27 bits per heavy atom. The van der Waals surface area contributed by atoms with Crippen LogP contribution >= 0.6 is 11.8 Å². The van der Waals surface area contributed by atoms with Crippen molar-refractivity contribution in [2.75, 3.05) is 12.3 Å². The summed E-state index contributed by atoms with van der Waals surface area (Å²) in [4.78, 5) is 30.3. The van der Waals surface area contributed by atoms with Gasteiger partial charge < -0.3 is 4.90 Å². The van der Waals surface area contributed by atoms with Gasteiger partial charge in [0, 0.05) is 24.3 Å². The molecule has 0 saturated carbocycles. The fourth-order valence-electron chi connectivity index (χ4n) is 2.53. The minimum Gasteiger partial charge on any atom is -0.338 e. The number of thioether (sulfide) groups is 1. The first kappa shape index (κ1) is 19.7. The summed E-state index contributed by atoms with van der Waals surface area (Å²) >= 11 is 1.23. The van der Waals surface area contributed by atoms with Gasteiger partial charge >= 0.3 is 0 Å². The van der Waals surface area contributed by atoms with Crippen LogP contribution in [0, 0.1) is 18.3 Å². The Balaban J connectivity index is 2.09. The summed E-state index contributed by atoms with van der Waals surface area (Å²) in [5.41, 5.74) is 2.41. The number of ketones is 1. The Morgan fingerprint density at radius 3 is 2.54 bits per heavy atom. The average Bonchev–Trinajstić information content (AvgIpc) is 2.64. The van der Waals surface area contributed by atoms with Gasteiger partial charge in [-0.05, 0) is 32.4 Å². The molecular formula is C20H21N3O2S. The predicted molar refractivity (Wildman–Crippen MR) is 102 cm³/mol. The maximum atomic E-state index is 12.6. The van der Waals surface area contributed by atoms with Crippen LogP contribution in [0.4, 0.5) is 0 Å². The van der Waals surface area contributed by atoms with Crippen LogP contribution in [-0.2, 0) is 11.3 Å². The fraction of sp³-hybridized carbons (Fsp3) is 0.300. The van der Waals surface area contributed by atoms with Crippen LogP contribution in [0.5, 0.6) is 0 Å². The number of aryl methyl sites for hydroxylation is 1. The number of benzene rings is 1. The lowest BCUT2D eigenvalue weighted by atomic mass is 10.1. The van der Waals surface area contributed by atoms with E-state index >= 15 is 0 Å². The van der Waals surface area contributed by atoms with Crippen molar-refractivity contribution in [1.82, 2.24) is 9.88 Å². The highest BCUT2D eigenvalue weighted by molar-refractivity contribution is 7.99. The van der Waals surface area contributed by atoms with Crippen LogP contribution in [0.15, 0.2) is 41.4 Å². The molecule has 0 aliphatic carbocycles. The number of pyridine rings is 1. The first-order valence-electron chi connectivity index (χ1n) is 8.33. The highest BCUT2D eigenvalue weighted by atomic mass is 32.2. The van der Waals surface area contributed by atoms with Crippen LogP contribution in [-0.4, -0.2) is 33.9 Å². The molecule has 1 aromatic carbocycles. The van der Waals surface area contributed by atoms with Crippen molar-refractivity contribution in [3.8, 4) is 6.07 Å².